The molecule has 1 aromatic heterocycles. The van der Waals surface area contributed by atoms with Gasteiger partial charge in [-0.1, -0.05) is 6.42 Å². The number of aryl methyl sites for hydroxylation is 2. The topological polar surface area (TPSA) is 45.1 Å². The van der Waals surface area contributed by atoms with Crippen molar-refractivity contribution < 1.29 is 5.11 Å². The summed E-state index contributed by atoms with van der Waals surface area (Å²) in [5.74, 6) is 0. The SMILES string of the molecule is CNC1(CO)CCCC(Sc2cc(C)cc(C)n2)C1. The number of nitrogens with one attached hydrogen (secondary N) is 1. The highest BCUT2D eigenvalue weighted by Crippen LogP contribution is 2.37. The minimum absolute atomic E-state index is 0.0885. The molecule has 1 aliphatic rings. The maximum atomic E-state index is 9.63. The van der Waals surface area contributed by atoms with Gasteiger partial charge in [0.1, 0.15) is 0 Å². The average Bonchev–Trinajstić information content (AvgIpc) is 2.37. The Kier molecular flexibility index (Phi) is 4.87. The predicted octanol–water partition coefficient (Wildman–Crippen LogP) is 2.68. The smallest absolute Gasteiger partial charge is 0.0968 e. The lowest BCUT2D eigenvalue weighted by atomic mass is 9.82. The summed E-state index contributed by atoms with van der Waals surface area (Å²) in [5, 5.41) is 14.6. The van der Waals surface area contributed by atoms with Crippen LogP contribution in [0.4, 0.5) is 0 Å². The number of aromatic nitrogens is 1. The average molecular weight is 280 g/mol. The molecular weight excluding hydrogens is 256 g/mol. The van der Waals surface area contributed by atoms with E-state index in [1.807, 2.05) is 25.7 Å². The Balaban J connectivity index is 2.06. The Bertz CT molecular complexity index is 412. The van der Waals surface area contributed by atoms with E-state index in [0.717, 1.165) is 23.6 Å². The molecular formula is C15H24N2OS. The van der Waals surface area contributed by atoms with E-state index in [4.69, 9.17) is 0 Å². The first-order chi connectivity index (χ1) is 9.07. The number of nitrogens with zero attached hydrogens (tertiary/aromatic N) is 1. The van der Waals surface area contributed by atoms with Crippen LogP contribution in [0.2, 0.25) is 0 Å². The third kappa shape index (κ3) is 3.71. The van der Waals surface area contributed by atoms with Gasteiger partial charge < -0.3 is 10.4 Å². The van der Waals surface area contributed by atoms with Gasteiger partial charge in [-0.2, -0.15) is 0 Å². The number of pyridine rings is 1. The molecule has 3 nitrogen and oxygen atoms in total. The molecule has 0 saturated heterocycles. The highest BCUT2D eigenvalue weighted by molar-refractivity contribution is 7.99. The van der Waals surface area contributed by atoms with Gasteiger partial charge in [0, 0.05) is 16.5 Å². The van der Waals surface area contributed by atoms with Crippen LogP contribution in [0.3, 0.4) is 0 Å². The van der Waals surface area contributed by atoms with Crippen molar-refractivity contribution in [1.82, 2.24) is 10.3 Å². The van der Waals surface area contributed by atoms with Crippen LogP contribution < -0.4 is 5.32 Å². The molecule has 1 saturated carbocycles. The second-order valence-corrected chi connectivity index (χ2v) is 6.97. The highest BCUT2D eigenvalue weighted by Gasteiger charge is 2.34. The van der Waals surface area contributed by atoms with Gasteiger partial charge in [0.2, 0.25) is 0 Å². The molecule has 0 bridgehead atoms. The van der Waals surface area contributed by atoms with Gasteiger partial charge in [-0.15, -0.1) is 11.8 Å². The van der Waals surface area contributed by atoms with Crippen molar-refractivity contribution in [3.05, 3.63) is 23.4 Å². The van der Waals surface area contributed by atoms with Crippen LogP contribution >= 0.6 is 11.8 Å². The number of rotatable bonds is 4. The normalized spacial score (nSPS) is 27.5. The number of aliphatic hydroxyl groups is 1. The van der Waals surface area contributed by atoms with Crippen LogP contribution in [0.5, 0.6) is 0 Å². The van der Waals surface area contributed by atoms with E-state index >= 15 is 0 Å². The fourth-order valence-corrected chi connectivity index (χ4v) is 4.37. The minimum atomic E-state index is -0.0885. The van der Waals surface area contributed by atoms with Gasteiger partial charge in [0.15, 0.2) is 0 Å². The van der Waals surface area contributed by atoms with Gasteiger partial charge >= 0.3 is 0 Å². The van der Waals surface area contributed by atoms with Crippen LogP contribution in [0.25, 0.3) is 0 Å². The summed E-state index contributed by atoms with van der Waals surface area (Å²) < 4.78 is 0. The number of thioether (sulfide) groups is 1. The first-order valence-electron chi connectivity index (χ1n) is 6.99. The minimum Gasteiger partial charge on any atom is -0.394 e. The molecule has 4 heteroatoms. The number of likely N-dealkylation sites (N-methyl/N-ethyl adjacent to an activating group) is 1. The van der Waals surface area contributed by atoms with Gasteiger partial charge in [-0.05, 0) is 57.9 Å². The van der Waals surface area contributed by atoms with Gasteiger partial charge in [0.05, 0.1) is 11.6 Å². The molecule has 1 fully saturated rings. The molecule has 0 aliphatic heterocycles. The molecule has 0 radical (unpaired) electrons. The Morgan fingerprint density at radius 1 is 1.47 bits per heavy atom. The molecule has 1 aliphatic carbocycles. The largest absolute Gasteiger partial charge is 0.394 e. The predicted molar refractivity (Wildman–Crippen MR) is 80.7 cm³/mol. The molecule has 2 unspecified atom stereocenters. The molecule has 2 N–H and O–H groups in total. The summed E-state index contributed by atoms with van der Waals surface area (Å²) >= 11 is 1.86. The maximum Gasteiger partial charge on any atom is 0.0968 e. The van der Waals surface area contributed by atoms with Crippen molar-refractivity contribution in [1.29, 1.82) is 0 Å². The van der Waals surface area contributed by atoms with E-state index in [1.165, 1.54) is 18.4 Å². The zero-order chi connectivity index (χ0) is 13.9. The molecule has 0 amide bonds. The molecule has 19 heavy (non-hydrogen) atoms. The van der Waals surface area contributed by atoms with Crippen molar-refractivity contribution in [2.24, 2.45) is 0 Å². The summed E-state index contributed by atoms with van der Waals surface area (Å²) in [6, 6.07) is 4.27. The summed E-state index contributed by atoms with van der Waals surface area (Å²) in [4.78, 5) is 4.61. The van der Waals surface area contributed by atoms with E-state index in [1.54, 1.807) is 0 Å². The van der Waals surface area contributed by atoms with Crippen LogP contribution in [-0.4, -0.2) is 34.5 Å². The summed E-state index contributed by atoms with van der Waals surface area (Å²) in [5.41, 5.74) is 2.27. The lowest BCUT2D eigenvalue weighted by Crippen LogP contribution is -2.50. The summed E-state index contributed by atoms with van der Waals surface area (Å²) in [6.45, 7) is 4.38. The quantitative estimate of drug-likeness (QED) is 0.890. The highest BCUT2D eigenvalue weighted by atomic mass is 32.2. The van der Waals surface area contributed by atoms with Crippen molar-refractivity contribution >= 4 is 11.8 Å². The molecule has 106 valence electrons. The second-order valence-electron chi connectivity index (χ2n) is 5.65. The monoisotopic (exact) mass is 280 g/mol. The molecule has 0 spiro atoms. The summed E-state index contributed by atoms with van der Waals surface area (Å²) in [6.07, 6.45) is 4.46. The van der Waals surface area contributed by atoms with E-state index in [0.29, 0.717) is 5.25 Å². The van der Waals surface area contributed by atoms with E-state index in [-0.39, 0.29) is 12.1 Å². The Morgan fingerprint density at radius 2 is 2.26 bits per heavy atom. The van der Waals surface area contributed by atoms with E-state index < -0.39 is 0 Å². The third-order valence-corrected chi connectivity index (χ3v) is 5.18. The van der Waals surface area contributed by atoms with Crippen LogP contribution in [-0.2, 0) is 0 Å². The third-order valence-electron chi connectivity index (χ3n) is 3.99. The number of hydrogen-bond donors (Lipinski definition) is 2. The molecule has 1 heterocycles. The molecule has 1 aromatic rings. The number of hydrogen-bond acceptors (Lipinski definition) is 4. The van der Waals surface area contributed by atoms with Gasteiger partial charge in [0.25, 0.3) is 0 Å². The Labute approximate surface area is 120 Å². The van der Waals surface area contributed by atoms with Crippen molar-refractivity contribution in [2.45, 2.75) is 55.3 Å². The first-order valence-corrected chi connectivity index (χ1v) is 7.86. The molecule has 2 atom stereocenters. The lowest BCUT2D eigenvalue weighted by Gasteiger charge is -2.39. The molecule has 2 rings (SSSR count). The standard InChI is InChI=1S/C15H24N2OS/c1-11-7-12(2)17-14(8-11)19-13-5-4-6-15(9-13,10-18)16-3/h7-8,13,16,18H,4-6,9-10H2,1-3H3. The molecule has 0 aromatic carbocycles. The van der Waals surface area contributed by atoms with Gasteiger partial charge in [-0.3, -0.25) is 0 Å². The van der Waals surface area contributed by atoms with Crippen molar-refractivity contribution in [3.63, 3.8) is 0 Å². The van der Waals surface area contributed by atoms with Crippen LogP contribution in [0.15, 0.2) is 17.2 Å². The van der Waals surface area contributed by atoms with E-state index in [9.17, 15) is 5.11 Å². The first kappa shape index (κ1) is 14.8. The zero-order valence-electron chi connectivity index (χ0n) is 12.1. The summed E-state index contributed by atoms with van der Waals surface area (Å²) in [7, 11) is 1.96. The van der Waals surface area contributed by atoms with E-state index in [2.05, 4.69) is 29.4 Å². The maximum absolute atomic E-state index is 9.63. The van der Waals surface area contributed by atoms with Gasteiger partial charge in [-0.25, -0.2) is 4.98 Å². The second kappa shape index (κ2) is 6.25. The Morgan fingerprint density at radius 3 is 2.89 bits per heavy atom. The lowest BCUT2D eigenvalue weighted by molar-refractivity contribution is 0.131. The fraction of sp³-hybridized carbons (Fsp3) is 0.667. The fourth-order valence-electron chi connectivity index (χ4n) is 2.89. The Hall–Kier alpha value is -0.580. The van der Waals surface area contributed by atoms with Crippen LogP contribution in [0.1, 0.15) is 36.9 Å². The number of aliphatic hydroxyl groups excluding tert-OH is 1. The van der Waals surface area contributed by atoms with Crippen molar-refractivity contribution in [2.75, 3.05) is 13.7 Å². The zero-order valence-corrected chi connectivity index (χ0v) is 12.9. The van der Waals surface area contributed by atoms with Crippen molar-refractivity contribution in [3.8, 4) is 0 Å². The van der Waals surface area contributed by atoms with Crippen LogP contribution in [0, 0.1) is 13.8 Å².